The molecule has 0 spiro atoms. The van der Waals surface area contributed by atoms with Crippen LogP contribution in [-0.2, 0) is 15.8 Å². The van der Waals surface area contributed by atoms with Crippen molar-refractivity contribution in [3.63, 3.8) is 0 Å². The molecule has 1 aliphatic carbocycles. The third kappa shape index (κ3) is 3.88. The Morgan fingerprint density at radius 1 is 0.958 bits per heavy atom. The summed E-state index contributed by atoms with van der Waals surface area (Å²) in [5, 5.41) is 2.66. The highest BCUT2D eigenvalue weighted by atomic mass is 19.4. The second-order valence-electron chi connectivity index (χ2n) is 6.44. The number of benzene rings is 1. The molecule has 1 aromatic carbocycles. The van der Waals surface area contributed by atoms with E-state index >= 15 is 0 Å². The molecule has 24 heavy (non-hydrogen) atoms. The molecule has 1 saturated heterocycles. The van der Waals surface area contributed by atoms with Crippen LogP contribution in [0, 0.1) is 11.8 Å². The Kier molecular flexibility index (Phi) is 4.51. The lowest BCUT2D eigenvalue weighted by atomic mass is 9.95. The van der Waals surface area contributed by atoms with Crippen molar-refractivity contribution in [2.24, 2.45) is 11.8 Å². The van der Waals surface area contributed by atoms with Gasteiger partial charge in [0.15, 0.2) is 0 Å². The van der Waals surface area contributed by atoms with Gasteiger partial charge in [-0.3, -0.25) is 9.59 Å². The summed E-state index contributed by atoms with van der Waals surface area (Å²) in [6.45, 7) is 1.14. The molecular formula is C17H19F3N2O2. The molecule has 1 aliphatic heterocycles. The van der Waals surface area contributed by atoms with E-state index in [9.17, 15) is 22.8 Å². The normalized spacial score (nSPS) is 19.2. The zero-order valence-corrected chi connectivity index (χ0v) is 13.1. The highest BCUT2D eigenvalue weighted by Gasteiger charge is 2.36. The van der Waals surface area contributed by atoms with Crippen molar-refractivity contribution < 1.29 is 22.8 Å². The van der Waals surface area contributed by atoms with Crippen molar-refractivity contribution in [3.8, 4) is 0 Å². The van der Waals surface area contributed by atoms with Gasteiger partial charge < -0.3 is 10.2 Å². The van der Waals surface area contributed by atoms with Gasteiger partial charge in [-0.2, -0.15) is 13.2 Å². The second kappa shape index (κ2) is 6.45. The molecule has 0 radical (unpaired) electrons. The van der Waals surface area contributed by atoms with E-state index in [1.165, 1.54) is 12.1 Å². The Balaban J connectivity index is 1.51. The van der Waals surface area contributed by atoms with Crippen LogP contribution in [0.2, 0.25) is 0 Å². The van der Waals surface area contributed by atoms with Crippen LogP contribution in [0.25, 0.3) is 0 Å². The zero-order chi connectivity index (χ0) is 17.3. The Bertz CT molecular complexity index is 616. The van der Waals surface area contributed by atoms with Crippen LogP contribution < -0.4 is 5.32 Å². The van der Waals surface area contributed by atoms with E-state index in [2.05, 4.69) is 5.32 Å². The molecule has 2 amide bonds. The van der Waals surface area contributed by atoms with Crippen LogP contribution in [0.15, 0.2) is 24.3 Å². The number of alkyl halides is 3. The maximum Gasteiger partial charge on any atom is 0.416 e. The fraction of sp³-hybridized carbons (Fsp3) is 0.529. The van der Waals surface area contributed by atoms with Crippen LogP contribution >= 0.6 is 0 Å². The fourth-order valence-corrected chi connectivity index (χ4v) is 2.94. The molecule has 2 aliphatic rings. The molecule has 130 valence electrons. The van der Waals surface area contributed by atoms with Crippen molar-refractivity contribution in [1.82, 2.24) is 4.90 Å². The van der Waals surface area contributed by atoms with Crippen molar-refractivity contribution in [2.45, 2.75) is 31.9 Å². The molecule has 0 unspecified atom stereocenters. The predicted molar refractivity (Wildman–Crippen MR) is 82.1 cm³/mol. The maximum absolute atomic E-state index is 12.5. The number of amides is 2. The molecule has 2 fully saturated rings. The van der Waals surface area contributed by atoms with E-state index in [1.54, 1.807) is 0 Å². The minimum atomic E-state index is -4.39. The van der Waals surface area contributed by atoms with Gasteiger partial charge in [0, 0.05) is 30.6 Å². The van der Waals surface area contributed by atoms with E-state index in [-0.39, 0.29) is 23.7 Å². The van der Waals surface area contributed by atoms with E-state index in [1.807, 2.05) is 4.90 Å². The largest absolute Gasteiger partial charge is 0.416 e. The summed E-state index contributed by atoms with van der Waals surface area (Å²) in [7, 11) is 0. The standard InChI is InChI=1S/C17H19F3N2O2/c18-17(19,20)13-3-5-14(6-4-13)21-15(23)11-7-9-22(10-8-11)16(24)12-1-2-12/h3-6,11-12H,1-2,7-10H2,(H,21,23). The average Bonchev–Trinajstić information content (AvgIpc) is 3.39. The Morgan fingerprint density at radius 3 is 2.04 bits per heavy atom. The summed E-state index contributed by atoms with van der Waals surface area (Å²) in [6, 6.07) is 4.41. The van der Waals surface area contributed by atoms with Gasteiger partial charge in [0.05, 0.1) is 5.56 Å². The summed E-state index contributed by atoms with van der Waals surface area (Å²) < 4.78 is 37.5. The topological polar surface area (TPSA) is 49.4 Å². The Hall–Kier alpha value is -2.05. The zero-order valence-electron chi connectivity index (χ0n) is 13.1. The van der Waals surface area contributed by atoms with Gasteiger partial charge in [-0.15, -0.1) is 0 Å². The third-order valence-corrected chi connectivity index (χ3v) is 4.58. The molecule has 0 bridgehead atoms. The predicted octanol–water partition coefficient (Wildman–Crippen LogP) is 3.29. The van der Waals surface area contributed by atoms with Crippen LogP contribution in [-0.4, -0.2) is 29.8 Å². The highest BCUT2D eigenvalue weighted by Crippen LogP contribution is 2.33. The van der Waals surface area contributed by atoms with Gasteiger partial charge in [0.2, 0.25) is 11.8 Å². The first-order chi connectivity index (χ1) is 11.3. The average molecular weight is 340 g/mol. The molecule has 1 heterocycles. The summed E-state index contributed by atoms with van der Waals surface area (Å²) in [4.78, 5) is 26.0. The Labute approximate surface area is 138 Å². The number of likely N-dealkylation sites (tertiary alicyclic amines) is 1. The van der Waals surface area contributed by atoms with Crippen LogP contribution in [0.5, 0.6) is 0 Å². The van der Waals surface area contributed by atoms with Crippen molar-refractivity contribution in [1.29, 1.82) is 0 Å². The molecule has 0 aromatic heterocycles. The second-order valence-corrected chi connectivity index (χ2v) is 6.44. The Morgan fingerprint density at radius 2 is 1.54 bits per heavy atom. The lowest BCUT2D eigenvalue weighted by Crippen LogP contribution is -2.42. The number of rotatable bonds is 3. The minimum Gasteiger partial charge on any atom is -0.342 e. The van der Waals surface area contributed by atoms with E-state index < -0.39 is 11.7 Å². The number of hydrogen-bond donors (Lipinski definition) is 1. The number of nitrogens with one attached hydrogen (secondary N) is 1. The van der Waals surface area contributed by atoms with E-state index in [4.69, 9.17) is 0 Å². The summed E-state index contributed by atoms with van der Waals surface area (Å²) in [5.41, 5.74) is -0.392. The molecule has 0 atom stereocenters. The number of nitrogens with zero attached hydrogens (tertiary/aromatic N) is 1. The lowest BCUT2D eigenvalue weighted by Gasteiger charge is -2.31. The maximum atomic E-state index is 12.5. The third-order valence-electron chi connectivity index (χ3n) is 4.58. The summed E-state index contributed by atoms with van der Waals surface area (Å²) in [5.74, 6) is -0.0389. The van der Waals surface area contributed by atoms with Crippen molar-refractivity contribution in [3.05, 3.63) is 29.8 Å². The van der Waals surface area contributed by atoms with Gasteiger partial charge in [-0.1, -0.05) is 0 Å². The van der Waals surface area contributed by atoms with Crippen molar-refractivity contribution >= 4 is 17.5 Å². The monoisotopic (exact) mass is 340 g/mol. The van der Waals surface area contributed by atoms with Gasteiger partial charge >= 0.3 is 6.18 Å². The van der Waals surface area contributed by atoms with E-state index in [0.29, 0.717) is 31.6 Å². The fourth-order valence-electron chi connectivity index (χ4n) is 2.94. The highest BCUT2D eigenvalue weighted by molar-refractivity contribution is 5.92. The molecule has 7 heteroatoms. The number of carbonyl (C=O) groups is 2. The van der Waals surface area contributed by atoms with E-state index in [0.717, 1.165) is 25.0 Å². The molecule has 1 N–H and O–H groups in total. The van der Waals surface area contributed by atoms with Crippen LogP contribution in [0.3, 0.4) is 0 Å². The molecule has 1 saturated carbocycles. The first kappa shape index (κ1) is 16.8. The lowest BCUT2D eigenvalue weighted by molar-refractivity contribution is -0.137. The molecule has 4 nitrogen and oxygen atoms in total. The summed E-state index contributed by atoms with van der Waals surface area (Å²) >= 11 is 0. The van der Waals surface area contributed by atoms with Gasteiger partial charge in [0.1, 0.15) is 0 Å². The van der Waals surface area contributed by atoms with Crippen LogP contribution in [0.1, 0.15) is 31.2 Å². The van der Waals surface area contributed by atoms with Crippen molar-refractivity contribution in [2.75, 3.05) is 18.4 Å². The molecule has 3 rings (SSSR count). The number of carbonyl (C=O) groups excluding carboxylic acids is 2. The summed E-state index contributed by atoms with van der Waals surface area (Å²) in [6.07, 6.45) is -1.28. The van der Waals surface area contributed by atoms with Crippen LogP contribution in [0.4, 0.5) is 18.9 Å². The SMILES string of the molecule is O=C(Nc1ccc(C(F)(F)F)cc1)C1CCN(C(=O)C2CC2)CC1. The molecular weight excluding hydrogens is 321 g/mol. The number of piperidine rings is 1. The number of halogens is 3. The smallest absolute Gasteiger partial charge is 0.342 e. The van der Waals surface area contributed by atoms with Gasteiger partial charge in [-0.05, 0) is 49.9 Å². The quantitative estimate of drug-likeness (QED) is 0.918. The number of hydrogen-bond acceptors (Lipinski definition) is 2. The molecule has 1 aromatic rings. The van der Waals surface area contributed by atoms with Gasteiger partial charge in [-0.25, -0.2) is 0 Å². The minimum absolute atomic E-state index is 0.183. The number of anilines is 1. The first-order valence-electron chi connectivity index (χ1n) is 8.11. The van der Waals surface area contributed by atoms with Gasteiger partial charge in [0.25, 0.3) is 0 Å². The first-order valence-corrected chi connectivity index (χ1v) is 8.11.